The molecule has 33 heavy (non-hydrogen) atoms. The second-order valence-corrected chi connectivity index (χ2v) is 7.92. The molecular weight excluding hydrogens is 448 g/mol. The third kappa shape index (κ3) is 6.08. The van der Waals surface area contributed by atoms with Crippen molar-refractivity contribution in [1.29, 1.82) is 5.26 Å². The van der Waals surface area contributed by atoms with E-state index in [-0.39, 0.29) is 37.4 Å². The van der Waals surface area contributed by atoms with E-state index < -0.39 is 12.0 Å². The summed E-state index contributed by atoms with van der Waals surface area (Å²) in [7, 11) is 0. The molecule has 0 spiro atoms. The number of nitrogens with one attached hydrogen (secondary N) is 1. The van der Waals surface area contributed by atoms with Gasteiger partial charge in [-0.15, -0.1) is 0 Å². The van der Waals surface area contributed by atoms with Crippen molar-refractivity contribution in [2.24, 2.45) is 0 Å². The van der Waals surface area contributed by atoms with Crippen LogP contribution in [-0.4, -0.2) is 45.1 Å². The van der Waals surface area contributed by atoms with Gasteiger partial charge in [-0.25, -0.2) is 0 Å². The molecule has 9 nitrogen and oxygen atoms in total. The Hall–Kier alpha value is -3.45. The molecule has 0 aliphatic carbocycles. The van der Waals surface area contributed by atoms with E-state index in [0.717, 1.165) is 5.56 Å². The van der Waals surface area contributed by atoms with Crippen molar-refractivity contribution in [2.45, 2.75) is 39.0 Å². The molecule has 1 aromatic heterocycles. The molecule has 3 rings (SSSR count). The van der Waals surface area contributed by atoms with Crippen molar-refractivity contribution < 1.29 is 24.3 Å². The van der Waals surface area contributed by atoms with Gasteiger partial charge in [-0.2, -0.15) is 10.2 Å². The van der Waals surface area contributed by atoms with Crippen molar-refractivity contribution in [1.82, 2.24) is 15.5 Å². The molecule has 1 atom stereocenters. The monoisotopic (exact) mass is 470 g/mol. The van der Waals surface area contributed by atoms with Crippen LogP contribution in [0.5, 0.6) is 5.75 Å². The molecule has 3 N–H and O–H groups in total. The maximum atomic E-state index is 11.2. The maximum Gasteiger partial charge on any atom is 0.320 e. The molecule has 0 amide bonds. The molecular formula is C23H23ClN4O5. The van der Waals surface area contributed by atoms with Crippen LogP contribution < -0.4 is 10.1 Å². The van der Waals surface area contributed by atoms with Gasteiger partial charge in [0, 0.05) is 24.3 Å². The van der Waals surface area contributed by atoms with Crippen LogP contribution in [0.3, 0.4) is 0 Å². The quantitative estimate of drug-likeness (QED) is 0.404. The van der Waals surface area contributed by atoms with Crippen LogP contribution in [0.4, 0.5) is 0 Å². The Morgan fingerprint density at radius 3 is 2.73 bits per heavy atom. The lowest BCUT2D eigenvalue weighted by atomic mass is 10.1. The zero-order valence-electron chi connectivity index (χ0n) is 18.1. The molecule has 0 unspecified atom stereocenters. The lowest BCUT2D eigenvalue weighted by Gasteiger charge is -2.13. The minimum atomic E-state index is -1.03. The lowest BCUT2D eigenvalue weighted by Crippen LogP contribution is -2.36. The highest BCUT2D eigenvalue weighted by molar-refractivity contribution is 6.33. The highest BCUT2D eigenvalue weighted by Gasteiger charge is 2.18. The number of halogens is 1. The Kier molecular flexibility index (Phi) is 8.01. The third-order valence-corrected chi connectivity index (χ3v) is 4.99. The summed E-state index contributed by atoms with van der Waals surface area (Å²) in [6.45, 7) is 3.79. The van der Waals surface area contributed by atoms with E-state index in [4.69, 9.17) is 31.1 Å². The highest BCUT2D eigenvalue weighted by Crippen LogP contribution is 2.30. The molecule has 0 saturated heterocycles. The molecule has 3 aromatic rings. The van der Waals surface area contributed by atoms with Gasteiger partial charge in [0.25, 0.3) is 5.89 Å². The first-order valence-electron chi connectivity index (χ1n) is 10.2. The smallest absolute Gasteiger partial charge is 0.320 e. The SMILES string of the molecule is CC(C)Oc1ccc(-c2nc(-c3ccc(CN[C@@H](CCO)C(=O)O)cc3Cl)no2)cc1C#N. The number of aliphatic carboxylic acids is 1. The van der Waals surface area contributed by atoms with Crippen LogP contribution in [-0.2, 0) is 11.3 Å². The summed E-state index contributed by atoms with van der Waals surface area (Å²) in [5, 5.41) is 34.8. The van der Waals surface area contributed by atoms with Crippen LogP contribution in [0.1, 0.15) is 31.4 Å². The predicted octanol–water partition coefficient (Wildman–Crippen LogP) is 3.64. The van der Waals surface area contributed by atoms with Crippen molar-refractivity contribution in [2.75, 3.05) is 6.61 Å². The molecule has 0 aliphatic rings. The second-order valence-electron chi connectivity index (χ2n) is 7.51. The van der Waals surface area contributed by atoms with Gasteiger partial charge in [0.1, 0.15) is 17.9 Å². The van der Waals surface area contributed by atoms with E-state index in [2.05, 4.69) is 21.5 Å². The first-order chi connectivity index (χ1) is 15.8. The number of ether oxygens (including phenoxy) is 1. The van der Waals surface area contributed by atoms with E-state index in [1.807, 2.05) is 13.8 Å². The van der Waals surface area contributed by atoms with Gasteiger partial charge >= 0.3 is 5.97 Å². The van der Waals surface area contributed by atoms with E-state index in [0.29, 0.717) is 27.5 Å². The Bertz CT molecular complexity index is 1170. The summed E-state index contributed by atoms with van der Waals surface area (Å²) in [4.78, 5) is 15.6. The van der Waals surface area contributed by atoms with Crippen LogP contribution in [0.2, 0.25) is 5.02 Å². The van der Waals surface area contributed by atoms with Crippen molar-refractivity contribution in [3.63, 3.8) is 0 Å². The molecule has 0 saturated carbocycles. The summed E-state index contributed by atoms with van der Waals surface area (Å²) in [5.74, 6) is -0.0475. The Labute approximate surface area is 195 Å². The van der Waals surface area contributed by atoms with Gasteiger partial charge in [-0.1, -0.05) is 22.8 Å². The predicted molar refractivity (Wildman–Crippen MR) is 121 cm³/mol. The maximum absolute atomic E-state index is 11.2. The number of benzene rings is 2. The number of carbonyl (C=O) groups is 1. The number of hydrogen-bond acceptors (Lipinski definition) is 8. The van der Waals surface area contributed by atoms with Crippen molar-refractivity contribution in [3.05, 3.63) is 52.5 Å². The number of nitrogens with zero attached hydrogens (tertiary/aromatic N) is 3. The topological polar surface area (TPSA) is 142 Å². The summed E-state index contributed by atoms with van der Waals surface area (Å²) in [6.07, 6.45) is 0.0354. The van der Waals surface area contributed by atoms with Gasteiger partial charge in [-0.05, 0) is 56.2 Å². The molecule has 0 aliphatic heterocycles. The Morgan fingerprint density at radius 2 is 2.09 bits per heavy atom. The van der Waals surface area contributed by atoms with Gasteiger partial charge in [0.2, 0.25) is 5.82 Å². The van der Waals surface area contributed by atoms with Gasteiger partial charge < -0.3 is 24.8 Å². The zero-order valence-corrected chi connectivity index (χ0v) is 18.8. The summed E-state index contributed by atoms with van der Waals surface area (Å²) in [5.41, 5.74) is 2.23. The number of rotatable bonds is 10. The van der Waals surface area contributed by atoms with Gasteiger partial charge in [0.05, 0.1) is 16.7 Å². The van der Waals surface area contributed by atoms with Crippen LogP contribution >= 0.6 is 11.6 Å². The first-order valence-corrected chi connectivity index (χ1v) is 10.6. The number of aromatic nitrogens is 2. The fraction of sp³-hybridized carbons (Fsp3) is 0.304. The molecule has 2 aromatic carbocycles. The average Bonchev–Trinajstić information content (AvgIpc) is 3.26. The number of nitriles is 1. The lowest BCUT2D eigenvalue weighted by molar-refractivity contribution is -0.139. The zero-order chi connectivity index (χ0) is 24.0. The normalized spacial score (nSPS) is 11.9. The minimum absolute atomic E-state index is 0.0667. The summed E-state index contributed by atoms with van der Waals surface area (Å²) >= 11 is 6.41. The molecule has 0 fully saturated rings. The van der Waals surface area contributed by atoms with Crippen LogP contribution in [0, 0.1) is 11.3 Å². The summed E-state index contributed by atoms with van der Waals surface area (Å²) < 4.78 is 11.0. The Balaban J connectivity index is 1.78. The summed E-state index contributed by atoms with van der Waals surface area (Å²) in [6, 6.07) is 11.5. The minimum Gasteiger partial charge on any atom is -0.490 e. The third-order valence-electron chi connectivity index (χ3n) is 4.68. The number of aliphatic hydroxyl groups is 1. The molecule has 10 heteroatoms. The first kappa shape index (κ1) is 24.2. The van der Waals surface area contributed by atoms with Crippen LogP contribution in [0.15, 0.2) is 40.9 Å². The standard InChI is InChI=1S/C23H23ClN4O5/c1-13(2)32-20-6-4-15(10-16(20)11-25)22-27-21(28-33-22)17-5-3-14(9-18(17)24)12-26-19(7-8-29)23(30)31/h3-6,9-10,13,19,26,29H,7-8,12H2,1-2H3,(H,30,31)/t19-/m0/s1. The van der Waals surface area contributed by atoms with Crippen molar-refractivity contribution >= 4 is 17.6 Å². The van der Waals surface area contributed by atoms with Crippen LogP contribution in [0.25, 0.3) is 22.8 Å². The second kappa shape index (κ2) is 10.9. The number of carboxylic acid groups (broad SMARTS) is 1. The fourth-order valence-corrected chi connectivity index (χ4v) is 3.38. The molecule has 172 valence electrons. The Morgan fingerprint density at radius 1 is 1.30 bits per heavy atom. The molecule has 0 radical (unpaired) electrons. The number of hydrogen-bond donors (Lipinski definition) is 3. The largest absolute Gasteiger partial charge is 0.490 e. The van der Waals surface area contributed by atoms with Gasteiger partial charge in [0.15, 0.2) is 0 Å². The van der Waals surface area contributed by atoms with E-state index >= 15 is 0 Å². The molecule has 1 heterocycles. The number of aliphatic hydroxyl groups excluding tert-OH is 1. The number of carboxylic acids is 1. The van der Waals surface area contributed by atoms with E-state index in [1.165, 1.54) is 0 Å². The van der Waals surface area contributed by atoms with E-state index in [1.54, 1.807) is 36.4 Å². The van der Waals surface area contributed by atoms with Gasteiger partial charge in [-0.3, -0.25) is 4.79 Å². The van der Waals surface area contributed by atoms with E-state index in [9.17, 15) is 10.1 Å². The average molecular weight is 471 g/mol. The highest BCUT2D eigenvalue weighted by atomic mass is 35.5. The molecule has 0 bridgehead atoms. The fourth-order valence-electron chi connectivity index (χ4n) is 3.09. The van der Waals surface area contributed by atoms with Crippen molar-refractivity contribution in [3.8, 4) is 34.7 Å².